The van der Waals surface area contributed by atoms with E-state index in [2.05, 4.69) is 32.6 Å². The molecule has 1 aromatic heterocycles. The van der Waals surface area contributed by atoms with Crippen LogP contribution in [0.4, 0.5) is 0 Å². The number of nitrogens with zero attached hydrogens (tertiary/aromatic N) is 2. The minimum Gasteiger partial charge on any atom is -0.355 e. The SMILES string of the molecule is O=C(CSc1n[nH]c(-c2ccc(Cl)cc2)n1)NCCCc1ccccc1. The Hall–Kier alpha value is -2.31. The van der Waals surface area contributed by atoms with E-state index in [0.717, 1.165) is 18.4 Å². The Labute approximate surface area is 161 Å². The lowest BCUT2D eigenvalue weighted by Gasteiger charge is -2.04. The molecule has 0 radical (unpaired) electrons. The van der Waals surface area contributed by atoms with Crippen LogP contribution in [0.5, 0.6) is 0 Å². The molecule has 26 heavy (non-hydrogen) atoms. The van der Waals surface area contributed by atoms with Crippen molar-refractivity contribution in [1.82, 2.24) is 20.5 Å². The number of halogens is 1. The average Bonchev–Trinajstić information content (AvgIpc) is 3.14. The van der Waals surface area contributed by atoms with Crippen molar-refractivity contribution in [3.05, 3.63) is 65.2 Å². The molecule has 134 valence electrons. The Morgan fingerprint density at radius 2 is 1.88 bits per heavy atom. The van der Waals surface area contributed by atoms with Crippen molar-refractivity contribution in [3.63, 3.8) is 0 Å². The van der Waals surface area contributed by atoms with Gasteiger partial charge in [0.15, 0.2) is 5.82 Å². The first-order valence-electron chi connectivity index (χ1n) is 8.32. The number of amides is 1. The van der Waals surface area contributed by atoms with Gasteiger partial charge in [-0.1, -0.05) is 53.7 Å². The zero-order valence-electron chi connectivity index (χ0n) is 14.1. The smallest absolute Gasteiger partial charge is 0.230 e. The quantitative estimate of drug-likeness (QED) is 0.454. The molecule has 3 aromatic rings. The predicted molar refractivity (Wildman–Crippen MR) is 105 cm³/mol. The molecule has 1 heterocycles. The number of carbonyl (C=O) groups is 1. The molecule has 2 N–H and O–H groups in total. The molecule has 0 aliphatic heterocycles. The van der Waals surface area contributed by atoms with Gasteiger partial charge in [0.2, 0.25) is 11.1 Å². The van der Waals surface area contributed by atoms with E-state index in [1.54, 1.807) is 12.1 Å². The normalized spacial score (nSPS) is 10.7. The van der Waals surface area contributed by atoms with Gasteiger partial charge in [-0.2, -0.15) is 0 Å². The summed E-state index contributed by atoms with van der Waals surface area (Å²) in [6.07, 6.45) is 1.88. The third-order valence-electron chi connectivity index (χ3n) is 3.72. The van der Waals surface area contributed by atoms with Crippen molar-refractivity contribution in [2.24, 2.45) is 0 Å². The first-order chi connectivity index (χ1) is 12.7. The average molecular weight is 387 g/mol. The highest BCUT2D eigenvalue weighted by molar-refractivity contribution is 7.99. The molecule has 0 saturated heterocycles. The van der Waals surface area contributed by atoms with Crippen molar-refractivity contribution in [3.8, 4) is 11.4 Å². The molecule has 3 rings (SSSR count). The lowest BCUT2D eigenvalue weighted by molar-refractivity contribution is -0.118. The van der Waals surface area contributed by atoms with Gasteiger partial charge in [-0.15, -0.1) is 5.10 Å². The van der Waals surface area contributed by atoms with Gasteiger partial charge in [-0.05, 0) is 42.7 Å². The van der Waals surface area contributed by atoms with Crippen LogP contribution in [-0.2, 0) is 11.2 Å². The highest BCUT2D eigenvalue weighted by Crippen LogP contribution is 2.20. The third-order valence-corrected chi connectivity index (χ3v) is 4.82. The third kappa shape index (κ3) is 5.61. The van der Waals surface area contributed by atoms with Gasteiger partial charge in [0.1, 0.15) is 0 Å². The fourth-order valence-electron chi connectivity index (χ4n) is 2.39. The second kappa shape index (κ2) is 9.40. The number of aromatic nitrogens is 3. The number of H-pyrrole nitrogens is 1. The van der Waals surface area contributed by atoms with Crippen LogP contribution >= 0.6 is 23.4 Å². The zero-order valence-corrected chi connectivity index (χ0v) is 15.7. The predicted octanol–water partition coefficient (Wildman–Crippen LogP) is 3.97. The van der Waals surface area contributed by atoms with Gasteiger partial charge in [0.25, 0.3) is 0 Å². The molecule has 0 aliphatic carbocycles. The van der Waals surface area contributed by atoms with E-state index in [0.29, 0.717) is 28.3 Å². The molecular weight excluding hydrogens is 368 g/mol. The monoisotopic (exact) mass is 386 g/mol. The number of hydrogen-bond acceptors (Lipinski definition) is 4. The van der Waals surface area contributed by atoms with Gasteiger partial charge in [-0.3, -0.25) is 9.89 Å². The van der Waals surface area contributed by atoms with Crippen molar-refractivity contribution in [2.45, 2.75) is 18.0 Å². The van der Waals surface area contributed by atoms with Crippen LogP contribution in [-0.4, -0.2) is 33.4 Å². The maximum absolute atomic E-state index is 11.9. The molecular formula is C19H19ClN4OS. The lowest BCUT2D eigenvalue weighted by Crippen LogP contribution is -2.26. The van der Waals surface area contributed by atoms with Crippen LogP contribution in [0.2, 0.25) is 5.02 Å². The van der Waals surface area contributed by atoms with Gasteiger partial charge in [0.05, 0.1) is 5.75 Å². The Morgan fingerprint density at radius 1 is 1.12 bits per heavy atom. The molecule has 0 aliphatic rings. The first kappa shape index (κ1) is 18.5. The summed E-state index contributed by atoms with van der Waals surface area (Å²) in [6.45, 7) is 0.665. The zero-order chi connectivity index (χ0) is 18.2. The van der Waals surface area contributed by atoms with E-state index >= 15 is 0 Å². The van der Waals surface area contributed by atoms with Crippen LogP contribution in [0, 0.1) is 0 Å². The summed E-state index contributed by atoms with van der Waals surface area (Å²) < 4.78 is 0. The summed E-state index contributed by atoms with van der Waals surface area (Å²) in [4.78, 5) is 16.3. The van der Waals surface area contributed by atoms with E-state index in [-0.39, 0.29) is 5.91 Å². The van der Waals surface area contributed by atoms with Crippen molar-refractivity contribution >= 4 is 29.3 Å². The summed E-state index contributed by atoms with van der Waals surface area (Å²) in [5.41, 5.74) is 2.19. The largest absolute Gasteiger partial charge is 0.355 e. The van der Waals surface area contributed by atoms with Gasteiger partial charge >= 0.3 is 0 Å². The Kier molecular flexibility index (Phi) is 6.68. The van der Waals surface area contributed by atoms with Gasteiger partial charge < -0.3 is 5.32 Å². The summed E-state index contributed by atoms with van der Waals surface area (Å²) in [7, 11) is 0. The highest BCUT2D eigenvalue weighted by Gasteiger charge is 2.09. The fraction of sp³-hybridized carbons (Fsp3) is 0.211. The van der Waals surface area contributed by atoms with Crippen LogP contribution in [0.1, 0.15) is 12.0 Å². The topological polar surface area (TPSA) is 70.7 Å². The number of carbonyl (C=O) groups excluding carboxylic acids is 1. The van der Waals surface area contributed by atoms with E-state index in [1.165, 1.54) is 17.3 Å². The summed E-state index contributed by atoms with van der Waals surface area (Å²) >= 11 is 7.19. The summed E-state index contributed by atoms with van der Waals surface area (Å²) in [5, 5.41) is 11.2. The van der Waals surface area contributed by atoms with Crippen LogP contribution in [0.25, 0.3) is 11.4 Å². The number of aromatic amines is 1. The molecule has 0 spiro atoms. The number of nitrogens with one attached hydrogen (secondary N) is 2. The Balaban J connectivity index is 1.38. The van der Waals surface area contributed by atoms with Crippen molar-refractivity contribution in [2.75, 3.05) is 12.3 Å². The van der Waals surface area contributed by atoms with Crippen LogP contribution in [0.15, 0.2) is 59.8 Å². The lowest BCUT2D eigenvalue weighted by atomic mass is 10.1. The molecule has 1 amide bonds. The van der Waals surface area contributed by atoms with Gasteiger partial charge in [0, 0.05) is 17.1 Å². The van der Waals surface area contributed by atoms with Crippen LogP contribution in [0.3, 0.4) is 0 Å². The first-order valence-corrected chi connectivity index (χ1v) is 9.69. The van der Waals surface area contributed by atoms with Crippen molar-refractivity contribution < 1.29 is 4.79 Å². The standard InChI is InChI=1S/C19H19ClN4OS/c20-16-10-8-15(9-11-16)18-22-19(24-23-18)26-13-17(25)21-12-4-7-14-5-2-1-3-6-14/h1-3,5-6,8-11H,4,7,12-13H2,(H,21,25)(H,22,23,24). The van der Waals surface area contributed by atoms with E-state index in [1.807, 2.05) is 30.3 Å². The van der Waals surface area contributed by atoms with Crippen molar-refractivity contribution in [1.29, 1.82) is 0 Å². The van der Waals surface area contributed by atoms with Crippen LogP contribution < -0.4 is 5.32 Å². The number of rotatable bonds is 8. The minimum absolute atomic E-state index is 0.0131. The molecule has 0 fully saturated rings. The van der Waals surface area contributed by atoms with E-state index in [9.17, 15) is 4.79 Å². The molecule has 0 bridgehead atoms. The van der Waals surface area contributed by atoms with E-state index in [4.69, 9.17) is 11.6 Å². The Bertz CT molecular complexity index is 836. The number of thioether (sulfide) groups is 1. The molecule has 0 unspecified atom stereocenters. The van der Waals surface area contributed by atoms with E-state index < -0.39 is 0 Å². The number of hydrogen-bond donors (Lipinski definition) is 2. The summed E-state index contributed by atoms with van der Waals surface area (Å²) in [6, 6.07) is 17.6. The molecule has 5 nitrogen and oxygen atoms in total. The summed E-state index contributed by atoms with van der Waals surface area (Å²) in [5.74, 6) is 0.942. The van der Waals surface area contributed by atoms with Gasteiger partial charge in [-0.25, -0.2) is 4.98 Å². The Morgan fingerprint density at radius 3 is 2.65 bits per heavy atom. The molecule has 0 atom stereocenters. The molecule has 7 heteroatoms. The number of benzene rings is 2. The number of aryl methyl sites for hydroxylation is 1. The second-order valence-electron chi connectivity index (χ2n) is 5.70. The fourth-order valence-corrected chi connectivity index (χ4v) is 3.15. The highest BCUT2D eigenvalue weighted by atomic mass is 35.5. The molecule has 0 saturated carbocycles. The maximum atomic E-state index is 11.9. The minimum atomic E-state index is -0.0131. The second-order valence-corrected chi connectivity index (χ2v) is 7.08. The maximum Gasteiger partial charge on any atom is 0.230 e. The molecule has 2 aromatic carbocycles.